The number of methoxy groups -OCH3 is 1. The van der Waals surface area contributed by atoms with E-state index in [-0.39, 0.29) is 18.3 Å². The highest BCUT2D eigenvalue weighted by molar-refractivity contribution is 6.07. The maximum Gasteiger partial charge on any atom is 0.325 e. The number of aromatic nitrogens is 2. The van der Waals surface area contributed by atoms with Gasteiger partial charge < -0.3 is 14.5 Å². The number of amides is 3. The van der Waals surface area contributed by atoms with Crippen LogP contribution in [-0.2, 0) is 11.3 Å². The second-order valence-electron chi connectivity index (χ2n) is 6.34. The molecule has 3 amide bonds. The summed E-state index contributed by atoms with van der Waals surface area (Å²) in [6.07, 6.45) is 3.27. The average molecular weight is 342 g/mol. The highest BCUT2D eigenvalue weighted by Gasteiger charge is 2.52. The van der Waals surface area contributed by atoms with Gasteiger partial charge >= 0.3 is 6.03 Å². The van der Waals surface area contributed by atoms with E-state index < -0.39 is 11.6 Å². The minimum absolute atomic E-state index is 0.0183. The fraction of sp³-hybridized carbons (Fsp3) is 0.412. The zero-order chi connectivity index (χ0) is 17.4. The Morgan fingerprint density at radius 2 is 1.92 bits per heavy atom. The lowest BCUT2D eigenvalue weighted by atomic mass is 9.98. The van der Waals surface area contributed by atoms with Crippen molar-refractivity contribution in [3.05, 3.63) is 30.2 Å². The number of nitrogens with one attached hydrogen (secondary N) is 1. The van der Waals surface area contributed by atoms with Crippen LogP contribution in [0.25, 0.3) is 11.5 Å². The normalized spacial score (nSPS) is 18.8. The van der Waals surface area contributed by atoms with E-state index in [9.17, 15) is 9.59 Å². The molecule has 4 rings (SSSR count). The first kappa shape index (κ1) is 15.6. The first-order valence-electron chi connectivity index (χ1n) is 8.22. The summed E-state index contributed by atoms with van der Waals surface area (Å²) >= 11 is 0. The van der Waals surface area contributed by atoms with E-state index in [1.165, 1.54) is 0 Å². The number of ether oxygens (including phenoxy) is 1. The van der Waals surface area contributed by atoms with Gasteiger partial charge in [-0.15, -0.1) is 10.2 Å². The third-order valence-corrected chi connectivity index (χ3v) is 4.80. The van der Waals surface area contributed by atoms with E-state index in [0.29, 0.717) is 18.7 Å². The van der Waals surface area contributed by atoms with Gasteiger partial charge in [0, 0.05) is 5.56 Å². The second-order valence-corrected chi connectivity index (χ2v) is 6.34. The maximum absolute atomic E-state index is 12.6. The number of nitrogens with zero attached hydrogens (tertiary/aromatic N) is 3. The third-order valence-electron chi connectivity index (χ3n) is 4.80. The third kappa shape index (κ3) is 2.63. The van der Waals surface area contributed by atoms with Crippen LogP contribution in [0.4, 0.5) is 4.79 Å². The number of rotatable bonds is 4. The highest BCUT2D eigenvalue weighted by Crippen LogP contribution is 2.35. The van der Waals surface area contributed by atoms with Crippen LogP contribution in [0.15, 0.2) is 28.7 Å². The second kappa shape index (κ2) is 5.87. The predicted molar refractivity (Wildman–Crippen MR) is 86.6 cm³/mol. The van der Waals surface area contributed by atoms with Crippen molar-refractivity contribution in [3.8, 4) is 17.2 Å². The molecule has 1 aliphatic carbocycles. The van der Waals surface area contributed by atoms with Gasteiger partial charge in [0.2, 0.25) is 11.8 Å². The fourth-order valence-corrected chi connectivity index (χ4v) is 3.44. The molecule has 2 fully saturated rings. The van der Waals surface area contributed by atoms with Crippen LogP contribution in [-0.4, -0.2) is 39.7 Å². The molecule has 1 aromatic heterocycles. The first-order valence-corrected chi connectivity index (χ1v) is 8.22. The Morgan fingerprint density at radius 3 is 2.60 bits per heavy atom. The molecule has 0 radical (unpaired) electrons. The summed E-state index contributed by atoms with van der Waals surface area (Å²) in [5, 5.41) is 10.8. The molecule has 1 aromatic carbocycles. The van der Waals surface area contributed by atoms with E-state index in [2.05, 4.69) is 15.5 Å². The van der Waals surface area contributed by atoms with Crippen LogP contribution < -0.4 is 10.1 Å². The van der Waals surface area contributed by atoms with Crippen molar-refractivity contribution in [1.82, 2.24) is 20.4 Å². The van der Waals surface area contributed by atoms with Crippen LogP contribution in [0.3, 0.4) is 0 Å². The number of benzene rings is 1. The van der Waals surface area contributed by atoms with Crippen molar-refractivity contribution in [3.63, 3.8) is 0 Å². The Bertz CT molecular complexity index is 808. The van der Waals surface area contributed by atoms with Crippen LogP contribution in [0.5, 0.6) is 5.75 Å². The Morgan fingerprint density at radius 1 is 1.20 bits per heavy atom. The van der Waals surface area contributed by atoms with Crippen LogP contribution >= 0.6 is 0 Å². The lowest BCUT2D eigenvalue weighted by Crippen LogP contribution is -2.44. The molecular formula is C17H18N4O4. The molecule has 8 heteroatoms. The summed E-state index contributed by atoms with van der Waals surface area (Å²) in [5.74, 6) is 1.09. The highest BCUT2D eigenvalue weighted by atomic mass is 16.5. The van der Waals surface area contributed by atoms with Crippen LogP contribution in [0, 0.1) is 0 Å². The van der Waals surface area contributed by atoms with E-state index in [1.54, 1.807) is 31.4 Å². The topological polar surface area (TPSA) is 97.6 Å². The van der Waals surface area contributed by atoms with Gasteiger partial charge in [0.15, 0.2) is 0 Å². The Balaban J connectivity index is 1.51. The molecule has 130 valence electrons. The molecule has 1 saturated carbocycles. The molecule has 1 spiro atoms. The number of urea groups is 1. The van der Waals surface area contributed by atoms with Crippen LogP contribution in [0.1, 0.15) is 31.6 Å². The molecule has 1 N–H and O–H groups in total. The van der Waals surface area contributed by atoms with Gasteiger partial charge in [0.25, 0.3) is 5.91 Å². The molecule has 0 bridgehead atoms. The summed E-state index contributed by atoms with van der Waals surface area (Å²) in [6.45, 7) is -0.0183. The van der Waals surface area contributed by atoms with E-state index >= 15 is 0 Å². The van der Waals surface area contributed by atoms with E-state index in [1.807, 2.05) is 0 Å². The molecular weight excluding hydrogens is 324 g/mol. The summed E-state index contributed by atoms with van der Waals surface area (Å²) in [6, 6.07) is 6.80. The average Bonchev–Trinajstić information content (AvgIpc) is 3.33. The van der Waals surface area contributed by atoms with Crippen molar-refractivity contribution >= 4 is 11.9 Å². The summed E-state index contributed by atoms with van der Waals surface area (Å²) in [4.78, 5) is 26.0. The molecule has 0 unspecified atom stereocenters. The van der Waals surface area contributed by atoms with Crippen molar-refractivity contribution in [1.29, 1.82) is 0 Å². The quantitative estimate of drug-likeness (QED) is 0.855. The summed E-state index contributed by atoms with van der Waals surface area (Å²) < 4.78 is 10.7. The van der Waals surface area contributed by atoms with Crippen molar-refractivity contribution in [2.45, 2.75) is 37.8 Å². The van der Waals surface area contributed by atoms with Gasteiger partial charge in [0.05, 0.1) is 7.11 Å². The Hall–Kier alpha value is -2.90. The molecule has 2 aromatic rings. The number of imide groups is 1. The standard InChI is InChI=1S/C17H18N4O4/c1-24-12-6-4-11(5-7-12)14-20-19-13(25-14)10-21-15(22)17(18-16(21)23)8-2-3-9-17/h4-7H,2-3,8-10H2,1H3,(H,18,23). The zero-order valence-corrected chi connectivity index (χ0v) is 13.8. The minimum atomic E-state index is -0.726. The van der Waals surface area contributed by atoms with E-state index in [4.69, 9.17) is 9.15 Å². The minimum Gasteiger partial charge on any atom is -0.497 e. The lowest BCUT2D eigenvalue weighted by Gasteiger charge is -2.19. The smallest absolute Gasteiger partial charge is 0.325 e. The number of carbonyl (C=O) groups is 2. The van der Waals surface area contributed by atoms with Crippen LogP contribution in [0.2, 0.25) is 0 Å². The summed E-state index contributed by atoms with van der Waals surface area (Å²) in [5.41, 5.74) is 0.0136. The number of hydrogen-bond donors (Lipinski definition) is 1. The SMILES string of the molecule is COc1ccc(-c2nnc(CN3C(=O)NC4(CCCC4)C3=O)o2)cc1. The number of hydrogen-bond acceptors (Lipinski definition) is 6. The molecule has 2 aliphatic rings. The van der Waals surface area contributed by atoms with Gasteiger partial charge in [-0.25, -0.2) is 4.79 Å². The Labute approximate surface area is 144 Å². The van der Waals surface area contributed by atoms with Gasteiger partial charge in [0.1, 0.15) is 17.8 Å². The lowest BCUT2D eigenvalue weighted by molar-refractivity contribution is -0.131. The monoisotopic (exact) mass is 342 g/mol. The van der Waals surface area contributed by atoms with Gasteiger partial charge in [-0.05, 0) is 37.1 Å². The Kier molecular flexibility index (Phi) is 3.67. The predicted octanol–water partition coefficient (Wildman–Crippen LogP) is 2.11. The molecule has 1 aliphatic heterocycles. The van der Waals surface area contributed by atoms with Crippen molar-refractivity contribution in [2.75, 3.05) is 7.11 Å². The number of carbonyl (C=O) groups excluding carboxylic acids is 2. The fourth-order valence-electron chi connectivity index (χ4n) is 3.44. The van der Waals surface area contributed by atoms with Crippen molar-refractivity contribution in [2.24, 2.45) is 0 Å². The largest absolute Gasteiger partial charge is 0.497 e. The van der Waals surface area contributed by atoms with Gasteiger partial charge in [-0.1, -0.05) is 12.8 Å². The van der Waals surface area contributed by atoms with Crippen molar-refractivity contribution < 1.29 is 18.7 Å². The van der Waals surface area contributed by atoms with Gasteiger partial charge in [-0.2, -0.15) is 0 Å². The molecule has 2 heterocycles. The molecule has 1 saturated heterocycles. The summed E-state index contributed by atoms with van der Waals surface area (Å²) in [7, 11) is 1.59. The van der Waals surface area contributed by atoms with Gasteiger partial charge in [-0.3, -0.25) is 9.69 Å². The molecule has 8 nitrogen and oxygen atoms in total. The molecule has 0 atom stereocenters. The maximum atomic E-state index is 12.6. The first-order chi connectivity index (χ1) is 12.1. The molecule has 25 heavy (non-hydrogen) atoms. The zero-order valence-electron chi connectivity index (χ0n) is 13.8. The van der Waals surface area contributed by atoms with E-state index in [0.717, 1.165) is 29.1 Å².